The molecule has 0 bridgehead atoms. The summed E-state index contributed by atoms with van der Waals surface area (Å²) in [5.74, 6) is 0. The van der Waals surface area contributed by atoms with E-state index in [-0.39, 0.29) is 0 Å². The first-order valence-electron chi connectivity index (χ1n) is 8.20. The molecule has 0 spiro atoms. The fourth-order valence-electron chi connectivity index (χ4n) is 2.94. The van der Waals surface area contributed by atoms with Gasteiger partial charge in [0.25, 0.3) is 0 Å². The van der Waals surface area contributed by atoms with Crippen molar-refractivity contribution in [3.63, 3.8) is 0 Å². The minimum Gasteiger partial charge on any atom is -0.344 e. The number of benzene rings is 2. The van der Waals surface area contributed by atoms with Gasteiger partial charge in [0.05, 0.1) is 10.7 Å². The smallest absolute Gasteiger partial charge is 0.127 e. The number of fused-ring (bicyclic) bond motifs is 1. The fourth-order valence-corrected chi connectivity index (χ4v) is 3.94. The van der Waals surface area contributed by atoms with Crippen LogP contribution in [0.1, 0.15) is 0 Å². The van der Waals surface area contributed by atoms with Crippen molar-refractivity contribution in [2.24, 2.45) is 0 Å². The van der Waals surface area contributed by atoms with Gasteiger partial charge in [0, 0.05) is 37.1 Å². The number of nitrogens with zero attached hydrogens (tertiary/aromatic N) is 3. The van der Waals surface area contributed by atoms with Crippen molar-refractivity contribution in [2.45, 2.75) is 0 Å². The van der Waals surface area contributed by atoms with E-state index in [1.54, 1.807) is 11.3 Å². The van der Waals surface area contributed by atoms with E-state index in [4.69, 9.17) is 0 Å². The summed E-state index contributed by atoms with van der Waals surface area (Å²) in [5, 5.41) is 2.36. The molecule has 0 N–H and O–H groups in total. The third kappa shape index (κ3) is 2.96. The minimum atomic E-state index is 1.05. The van der Waals surface area contributed by atoms with Crippen molar-refractivity contribution >= 4 is 43.6 Å². The van der Waals surface area contributed by atoms with Crippen LogP contribution in [0.15, 0.2) is 79.0 Å². The molecule has 0 aliphatic rings. The first-order valence-corrected chi connectivity index (χ1v) is 9.02. The van der Waals surface area contributed by atoms with Gasteiger partial charge < -0.3 is 9.80 Å². The van der Waals surface area contributed by atoms with E-state index in [0.29, 0.717) is 0 Å². The highest BCUT2D eigenvalue weighted by Gasteiger charge is 2.14. The molecule has 25 heavy (non-hydrogen) atoms. The number of hydrogen-bond acceptors (Lipinski definition) is 4. The van der Waals surface area contributed by atoms with E-state index in [1.807, 2.05) is 18.3 Å². The topological polar surface area (TPSA) is 19.4 Å². The highest BCUT2D eigenvalue weighted by atomic mass is 32.1. The second-order valence-corrected chi connectivity index (χ2v) is 6.93. The van der Waals surface area contributed by atoms with Gasteiger partial charge in [0.2, 0.25) is 0 Å². The lowest BCUT2D eigenvalue weighted by Crippen LogP contribution is -2.09. The molecule has 0 aliphatic carbocycles. The van der Waals surface area contributed by atoms with Crippen LogP contribution in [0.2, 0.25) is 0 Å². The molecule has 0 amide bonds. The second-order valence-electron chi connectivity index (χ2n) is 5.92. The maximum absolute atomic E-state index is 4.58. The molecule has 4 heteroatoms. The number of pyridine rings is 1. The van der Waals surface area contributed by atoms with E-state index in [1.165, 1.54) is 27.4 Å². The molecule has 0 saturated heterocycles. The number of aromatic nitrogens is 1. The van der Waals surface area contributed by atoms with Gasteiger partial charge in [-0.25, -0.2) is 4.98 Å². The molecule has 124 valence electrons. The molecule has 4 aromatic rings. The summed E-state index contributed by atoms with van der Waals surface area (Å²) in [6.45, 7) is 0. The largest absolute Gasteiger partial charge is 0.344 e. The minimum absolute atomic E-state index is 1.05. The van der Waals surface area contributed by atoms with Gasteiger partial charge in [-0.2, -0.15) is 0 Å². The normalized spacial score (nSPS) is 10.8. The first kappa shape index (κ1) is 15.7. The first-order chi connectivity index (χ1) is 12.2. The zero-order valence-corrected chi connectivity index (χ0v) is 15.1. The quantitative estimate of drug-likeness (QED) is 0.464. The highest BCUT2D eigenvalue weighted by Crippen LogP contribution is 2.39. The van der Waals surface area contributed by atoms with Gasteiger partial charge in [-0.3, -0.25) is 0 Å². The maximum atomic E-state index is 4.58. The lowest BCUT2D eigenvalue weighted by molar-refractivity contribution is 1.21. The van der Waals surface area contributed by atoms with Gasteiger partial charge in [-0.1, -0.05) is 47.7 Å². The zero-order valence-electron chi connectivity index (χ0n) is 14.3. The second kappa shape index (κ2) is 6.57. The molecule has 0 radical (unpaired) electrons. The molecule has 0 unspecified atom stereocenters. The Kier molecular flexibility index (Phi) is 4.12. The Labute approximate surface area is 151 Å². The van der Waals surface area contributed by atoms with Gasteiger partial charge in [-0.15, -0.1) is 0 Å². The fraction of sp³-hybridized carbons (Fsp3) is 0.0952. The Balaban J connectivity index is 1.77. The van der Waals surface area contributed by atoms with Crippen molar-refractivity contribution < 1.29 is 0 Å². The number of rotatable bonds is 4. The summed E-state index contributed by atoms with van der Waals surface area (Å²) in [5.41, 5.74) is 3.51. The molecule has 4 rings (SSSR count). The molecule has 2 aromatic heterocycles. The van der Waals surface area contributed by atoms with Gasteiger partial charge in [-0.05, 0) is 36.4 Å². The summed E-state index contributed by atoms with van der Waals surface area (Å²) in [4.78, 5) is 10.1. The Morgan fingerprint density at radius 2 is 1.36 bits per heavy atom. The zero-order chi connectivity index (χ0) is 17.2. The Hall–Kier alpha value is -2.85. The average molecular weight is 345 g/mol. The molecule has 0 atom stereocenters. The van der Waals surface area contributed by atoms with Crippen molar-refractivity contribution in [3.8, 4) is 0 Å². The lowest BCUT2D eigenvalue weighted by atomic mass is 10.2. The maximum Gasteiger partial charge on any atom is 0.127 e. The number of thiophene rings is 1. The van der Waals surface area contributed by atoms with Gasteiger partial charge >= 0.3 is 0 Å². The molecule has 2 heterocycles. The molecular weight excluding hydrogens is 326 g/mol. The predicted molar refractivity (Wildman–Crippen MR) is 109 cm³/mol. The third-order valence-electron chi connectivity index (χ3n) is 4.38. The van der Waals surface area contributed by atoms with Crippen LogP contribution in [-0.2, 0) is 0 Å². The summed E-state index contributed by atoms with van der Waals surface area (Å²) in [6.07, 6.45) is 1.89. The van der Waals surface area contributed by atoms with Crippen molar-refractivity contribution in [1.29, 1.82) is 0 Å². The predicted octanol–water partition coefficient (Wildman–Crippen LogP) is 5.83. The van der Waals surface area contributed by atoms with E-state index in [0.717, 1.165) is 4.83 Å². The average Bonchev–Trinajstić information content (AvgIpc) is 3.12. The molecule has 2 aromatic carbocycles. The molecule has 3 nitrogen and oxygen atoms in total. The van der Waals surface area contributed by atoms with Gasteiger partial charge in [0.1, 0.15) is 4.83 Å². The summed E-state index contributed by atoms with van der Waals surface area (Å²) >= 11 is 1.72. The molecule has 0 saturated carbocycles. The van der Waals surface area contributed by atoms with Crippen LogP contribution in [0.5, 0.6) is 0 Å². The van der Waals surface area contributed by atoms with Crippen LogP contribution in [0.25, 0.3) is 10.2 Å². The van der Waals surface area contributed by atoms with Crippen LogP contribution in [0, 0.1) is 0 Å². The number of anilines is 4. The Morgan fingerprint density at radius 1 is 0.760 bits per heavy atom. The lowest BCUT2D eigenvalue weighted by Gasteiger charge is -2.20. The van der Waals surface area contributed by atoms with E-state index < -0.39 is 0 Å². The number of para-hydroxylation sites is 2. The van der Waals surface area contributed by atoms with E-state index in [2.05, 4.69) is 89.5 Å². The molecule has 0 fully saturated rings. The van der Waals surface area contributed by atoms with Crippen LogP contribution in [0.3, 0.4) is 0 Å². The van der Waals surface area contributed by atoms with E-state index >= 15 is 0 Å². The van der Waals surface area contributed by atoms with Gasteiger partial charge in [0.15, 0.2) is 0 Å². The van der Waals surface area contributed by atoms with Crippen molar-refractivity contribution in [1.82, 2.24) is 4.98 Å². The summed E-state index contributed by atoms with van der Waals surface area (Å²) in [6, 6.07) is 25.1. The van der Waals surface area contributed by atoms with E-state index in [9.17, 15) is 0 Å². The van der Waals surface area contributed by atoms with Crippen molar-refractivity contribution in [2.75, 3.05) is 23.9 Å². The monoisotopic (exact) mass is 345 g/mol. The SMILES string of the molecule is CN(c1ccccc1)c1cc2c(N(C)c3ccccc3)ccnc2s1. The summed E-state index contributed by atoms with van der Waals surface area (Å²) in [7, 11) is 4.20. The third-order valence-corrected chi connectivity index (χ3v) is 5.50. The standard InChI is InChI=1S/C21H19N3S/c1-23(16-9-5-3-6-10-16)19-13-14-22-21-18(19)15-20(25-21)24(2)17-11-7-4-8-12-17/h3-15H,1-2H3. The Bertz CT molecular complexity index is 980. The van der Waals surface area contributed by atoms with Crippen molar-refractivity contribution in [3.05, 3.63) is 79.0 Å². The Morgan fingerprint density at radius 3 is 2.00 bits per heavy atom. The van der Waals surface area contributed by atoms with Crippen LogP contribution in [-0.4, -0.2) is 19.1 Å². The van der Waals surface area contributed by atoms with Crippen LogP contribution < -0.4 is 9.80 Å². The molecular formula is C21H19N3S. The number of hydrogen-bond donors (Lipinski definition) is 0. The summed E-state index contributed by atoms with van der Waals surface area (Å²) < 4.78 is 0. The molecule has 0 aliphatic heterocycles. The van der Waals surface area contributed by atoms with Crippen LogP contribution in [0.4, 0.5) is 22.1 Å². The highest BCUT2D eigenvalue weighted by molar-refractivity contribution is 7.22. The van der Waals surface area contributed by atoms with Crippen LogP contribution >= 0.6 is 11.3 Å².